The Labute approximate surface area is 79.5 Å². The molecule has 0 radical (unpaired) electrons. The van der Waals surface area contributed by atoms with Gasteiger partial charge in [-0.3, -0.25) is 0 Å². The summed E-state index contributed by atoms with van der Waals surface area (Å²) in [6.45, 7) is 1.10. The van der Waals surface area contributed by atoms with Crippen molar-refractivity contribution in [1.82, 2.24) is 20.3 Å². The van der Waals surface area contributed by atoms with Gasteiger partial charge in [0.2, 0.25) is 0 Å². The van der Waals surface area contributed by atoms with Crippen molar-refractivity contribution in [2.75, 3.05) is 6.54 Å². The molecular formula is C7H11BrN4. The van der Waals surface area contributed by atoms with Crippen molar-refractivity contribution in [3.8, 4) is 0 Å². The first-order chi connectivity index (χ1) is 5.79. The SMILES string of the molecule is Cn1nnc(Br)c1C1CCCN1. The van der Waals surface area contributed by atoms with Gasteiger partial charge in [0, 0.05) is 7.05 Å². The molecular weight excluding hydrogens is 220 g/mol. The van der Waals surface area contributed by atoms with Gasteiger partial charge in [-0.05, 0) is 35.3 Å². The Balaban J connectivity index is 2.30. The molecule has 2 rings (SSSR count). The topological polar surface area (TPSA) is 42.7 Å². The smallest absolute Gasteiger partial charge is 0.153 e. The minimum absolute atomic E-state index is 0.430. The molecule has 5 heteroatoms. The zero-order chi connectivity index (χ0) is 8.55. The quantitative estimate of drug-likeness (QED) is 0.784. The van der Waals surface area contributed by atoms with Crippen LogP contribution in [0.3, 0.4) is 0 Å². The fourth-order valence-corrected chi connectivity index (χ4v) is 2.23. The van der Waals surface area contributed by atoms with Crippen molar-refractivity contribution in [3.63, 3.8) is 0 Å². The molecule has 2 heterocycles. The Morgan fingerprint density at radius 2 is 2.50 bits per heavy atom. The van der Waals surface area contributed by atoms with Crippen LogP contribution in [-0.4, -0.2) is 21.5 Å². The molecule has 1 aromatic rings. The lowest BCUT2D eigenvalue weighted by molar-refractivity contribution is 0.568. The van der Waals surface area contributed by atoms with Gasteiger partial charge in [0.15, 0.2) is 4.60 Å². The van der Waals surface area contributed by atoms with E-state index in [-0.39, 0.29) is 0 Å². The van der Waals surface area contributed by atoms with E-state index in [9.17, 15) is 0 Å². The van der Waals surface area contributed by atoms with Crippen molar-refractivity contribution in [1.29, 1.82) is 0 Å². The number of rotatable bonds is 1. The lowest BCUT2D eigenvalue weighted by Crippen LogP contribution is -2.16. The van der Waals surface area contributed by atoms with Crippen LogP contribution >= 0.6 is 15.9 Å². The number of hydrogen-bond acceptors (Lipinski definition) is 3. The van der Waals surface area contributed by atoms with Crippen LogP contribution in [0.4, 0.5) is 0 Å². The predicted molar refractivity (Wildman–Crippen MR) is 48.7 cm³/mol. The molecule has 1 N–H and O–H groups in total. The second kappa shape index (κ2) is 3.14. The van der Waals surface area contributed by atoms with Gasteiger partial charge < -0.3 is 5.32 Å². The molecule has 1 aliphatic rings. The normalized spacial score (nSPS) is 23.3. The van der Waals surface area contributed by atoms with Crippen LogP contribution in [0.1, 0.15) is 24.6 Å². The largest absolute Gasteiger partial charge is 0.309 e. The van der Waals surface area contributed by atoms with E-state index in [1.807, 2.05) is 11.7 Å². The highest BCUT2D eigenvalue weighted by atomic mass is 79.9. The molecule has 12 heavy (non-hydrogen) atoms. The Bertz CT molecular complexity index is 257. The standard InChI is InChI=1S/C7H11BrN4/c1-12-6(7(8)10-11-12)5-3-2-4-9-5/h5,9H,2-4H2,1H3. The highest BCUT2D eigenvalue weighted by Gasteiger charge is 2.22. The third-order valence-electron chi connectivity index (χ3n) is 2.22. The Hall–Kier alpha value is -0.420. The molecule has 1 aromatic heterocycles. The fraction of sp³-hybridized carbons (Fsp3) is 0.714. The maximum Gasteiger partial charge on any atom is 0.153 e. The molecule has 4 nitrogen and oxygen atoms in total. The molecule has 0 amide bonds. The lowest BCUT2D eigenvalue weighted by atomic mass is 10.2. The average Bonchev–Trinajstić information content (AvgIpc) is 2.61. The first-order valence-electron chi connectivity index (χ1n) is 4.07. The third kappa shape index (κ3) is 1.27. The molecule has 0 aromatic carbocycles. The zero-order valence-electron chi connectivity index (χ0n) is 6.92. The molecule has 1 unspecified atom stereocenters. The second-order valence-electron chi connectivity index (χ2n) is 3.04. The molecule has 0 bridgehead atoms. The summed E-state index contributed by atoms with van der Waals surface area (Å²) in [5, 5.41) is 11.3. The van der Waals surface area contributed by atoms with E-state index in [4.69, 9.17) is 0 Å². The van der Waals surface area contributed by atoms with Crippen LogP contribution in [0.2, 0.25) is 0 Å². The molecule has 0 aliphatic carbocycles. The van der Waals surface area contributed by atoms with E-state index < -0.39 is 0 Å². The third-order valence-corrected chi connectivity index (χ3v) is 2.78. The van der Waals surface area contributed by atoms with E-state index in [1.54, 1.807) is 0 Å². The van der Waals surface area contributed by atoms with Crippen molar-refractivity contribution >= 4 is 15.9 Å². The maximum atomic E-state index is 3.95. The number of aryl methyl sites for hydroxylation is 1. The lowest BCUT2D eigenvalue weighted by Gasteiger charge is -2.09. The Morgan fingerprint density at radius 3 is 3.00 bits per heavy atom. The number of halogens is 1. The summed E-state index contributed by atoms with van der Waals surface area (Å²) in [6, 6.07) is 0.430. The van der Waals surface area contributed by atoms with Crippen molar-refractivity contribution in [3.05, 3.63) is 10.3 Å². The van der Waals surface area contributed by atoms with Crippen LogP contribution in [-0.2, 0) is 7.05 Å². The number of aromatic nitrogens is 3. The van der Waals surface area contributed by atoms with E-state index >= 15 is 0 Å². The number of nitrogens with zero attached hydrogens (tertiary/aromatic N) is 3. The van der Waals surface area contributed by atoms with Crippen LogP contribution in [0, 0.1) is 0 Å². The summed E-state index contributed by atoms with van der Waals surface area (Å²) in [7, 11) is 1.92. The van der Waals surface area contributed by atoms with Crippen LogP contribution in [0.25, 0.3) is 0 Å². The minimum atomic E-state index is 0.430. The summed E-state index contributed by atoms with van der Waals surface area (Å²) < 4.78 is 2.69. The zero-order valence-corrected chi connectivity index (χ0v) is 8.50. The van der Waals surface area contributed by atoms with Crippen LogP contribution in [0.5, 0.6) is 0 Å². The summed E-state index contributed by atoms with van der Waals surface area (Å²) in [5.74, 6) is 0. The highest BCUT2D eigenvalue weighted by molar-refractivity contribution is 9.10. The van der Waals surface area contributed by atoms with Gasteiger partial charge in [0.25, 0.3) is 0 Å². The summed E-state index contributed by atoms with van der Waals surface area (Å²) in [5.41, 5.74) is 1.16. The Morgan fingerprint density at radius 1 is 1.67 bits per heavy atom. The van der Waals surface area contributed by atoms with E-state index in [0.717, 1.165) is 16.8 Å². The van der Waals surface area contributed by atoms with Crippen molar-refractivity contribution in [2.24, 2.45) is 7.05 Å². The average molecular weight is 231 g/mol. The molecule has 1 atom stereocenters. The monoisotopic (exact) mass is 230 g/mol. The van der Waals surface area contributed by atoms with E-state index in [2.05, 4.69) is 31.6 Å². The molecule has 66 valence electrons. The van der Waals surface area contributed by atoms with Crippen LogP contribution in [0.15, 0.2) is 4.60 Å². The van der Waals surface area contributed by atoms with Crippen LogP contribution < -0.4 is 5.32 Å². The Kier molecular flexibility index (Phi) is 2.14. The number of hydrogen-bond donors (Lipinski definition) is 1. The van der Waals surface area contributed by atoms with Gasteiger partial charge in [-0.2, -0.15) is 0 Å². The van der Waals surface area contributed by atoms with Gasteiger partial charge in [0.1, 0.15) is 0 Å². The number of nitrogens with one attached hydrogen (secondary N) is 1. The van der Waals surface area contributed by atoms with E-state index in [0.29, 0.717) is 6.04 Å². The first-order valence-corrected chi connectivity index (χ1v) is 4.87. The molecule has 0 spiro atoms. The van der Waals surface area contributed by atoms with Crippen molar-refractivity contribution in [2.45, 2.75) is 18.9 Å². The fourth-order valence-electron chi connectivity index (χ4n) is 1.63. The first kappa shape index (κ1) is 8.19. The minimum Gasteiger partial charge on any atom is -0.309 e. The second-order valence-corrected chi connectivity index (χ2v) is 3.79. The van der Waals surface area contributed by atoms with E-state index in [1.165, 1.54) is 12.8 Å². The summed E-state index contributed by atoms with van der Waals surface area (Å²) in [4.78, 5) is 0. The highest BCUT2D eigenvalue weighted by Crippen LogP contribution is 2.26. The van der Waals surface area contributed by atoms with Crippen molar-refractivity contribution < 1.29 is 0 Å². The van der Waals surface area contributed by atoms with Gasteiger partial charge in [0.05, 0.1) is 11.7 Å². The maximum absolute atomic E-state index is 3.95. The molecule has 1 fully saturated rings. The van der Waals surface area contributed by atoms with Gasteiger partial charge >= 0.3 is 0 Å². The summed E-state index contributed by atoms with van der Waals surface area (Å²) >= 11 is 3.39. The van der Waals surface area contributed by atoms with Gasteiger partial charge in [-0.25, -0.2) is 4.68 Å². The predicted octanol–water partition coefficient (Wildman–Crippen LogP) is 1.00. The molecule has 0 saturated carbocycles. The van der Waals surface area contributed by atoms with Gasteiger partial charge in [-0.15, -0.1) is 5.10 Å². The van der Waals surface area contributed by atoms with Gasteiger partial charge in [-0.1, -0.05) is 5.21 Å². The molecule has 1 aliphatic heterocycles. The summed E-state index contributed by atoms with van der Waals surface area (Å²) in [6.07, 6.45) is 2.42. The molecule has 1 saturated heterocycles.